The van der Waals surface area contributed by atoms with Gasteiger partial charge in [-0.3, -0.25) is 4.99 Å². The third-order valence-corrected chi connectivity index (χ3v) is 7.38. The van der Waals surface area contributed by atoms with Crippen LogP contribution in [0.25, 0.3) is 10.8 Å². The molecule has 0 radical (unpaired) electrons. The van der Waals surface area contributed by atoms with E-state index in [-0.39, 0.29) is 5.41 Å². The summed E-state index contributed by atoms with van der Waals surface area (Å²) >= 11 is 0. The highest BCUT2D eigenvalue weighted by molar-refractivity contribution is 5.99. The number of aliphatic imine (C=N–C) groups is 1. The molecule has 0 aromatic heterocycles. The largest absolute Gasteiger partial charge is 0.459 e. The van der Waals surface area contributed by atoms with E-state index in [1.165, 1.54) is 29.5 Å². The van der Waals surface area contributed by atoms with E-state index in [0.717, 1.165) is 43.0 Å². The van der Waals surface area contributed by atoms with Gasteiger partial charge in [-0.15, -0.1) is 0 Å². The Balaban J connectivity index is 1.57. The highest BCUT2D eigenvalue weighted by Crippen LogP contribution is 2.54. The van der Waals surface area contributed by atoms with Crippen molar-refractivity contribution in [1.82, 2.24) is 4.90 Å². The van der Waals surface area contributed by atoms with Crippen LogP contribution in [0.3, 0.4) is 0 Å². The summed E-state index contributed by atoms with van der Waals surface area (Å²) in [6.07, 6.45) is 4.42. The van der Waals surface area contributed by atoms with Crippen LogP contribution in [0.5, 0.6) is 5.75 Å². The molecule has 172 valence electrons. The molecule has 0 N–H and O–H groups in total. The Labute approximate surface area is 197 Å². The fraction of sp³-hybridized carbons (Fsp3) is 0.414. The Hall–Kier alpha value is -2.85. The predicted molar refractivity (Wildman–Crippen MR) is 139 cm³/mol. The van der Waals surface area contributed by atoms with Crippen molar-refractivity contribution in [3.8, 4) is 5.75 Å². The Morgan fingerprint density at radius 1 is 0.879 bits per heavy atom. The molecule has 2 heterocycles. The number of anilines is 1. The van der Waals surface area contributed by atoms with E-state index in [4.69, 9.17) is 9.73 Å². The quantitative estimate of drug-likeness (QED) is 0.416. The summed E-state index contributed by atoms with van der Waals surface area (Å²) in [5, 5.41) is 2.33. The number of ether oxygens (including phenoxy) is 1. The van der Waals surface area contributed by atoms with Crippen LogP contribution in [0.15, 0.2) is 65.7 Å². The van der Waals surface area contributed by atoms with Gasteiger partial charge in [0.05, 0.1) is 11.6 Å². The molecule has 0 amide bonds. The van der Waals surface area contributed by atoms with Gasteiger partial charge in [-0.05, 0) is 62.9 Å². The van der Waals surface area contributed by atoms with E-state index < -0.39 is 5.72 Å². The predicted octanol–water partition coefficient (Wildman–Crippen LogP) is 6.55. The third-order valence-electron chi connectivity index (χ3n) is 7.38. The SMILES string of the molecule is CCCN(CCC)CCN1c2ccccc2C(C)(C)C12C=Nc1c(ccc3ccccc13)O2. The Bertz CT molecular complexity index is 1180. The first-order valence-corrected chi connectivity index (χ1v) is 12.4. The molecule has 5 rings (SSSR count). The van der Waals surface area contributed by atoms with Crippen LogP contribution >= 0.6 is 0 Å². The molecule has 2 aliphatic heterocycles. The molecule has 0 saturated heterocycles. The highest BCUT2D eigenvalue weighted by Gasteiger charge is 2.59. The van der Waals surface area contributed by atoms with E-state index in [1.54, 1.807) is 0 Å². The van der Waals surface area contributed by atoms with Crippen LogP contribution in [-0.4, -0.2) is 43.0 Å². The van der Waals surface area contributed by atoms with Crippen molar-refractivity contribution in [3.05, 3.63) is 66.2 Å². The first kappa shape index (κ1) is 22.0. The summed E-state index contributed by atoms with van der Waals surface area (Å²) in [6, 6.07) is 21.4. The van der Waals surface area contributed by atoms with Gasteiger partial charge in [0, 0.05) is 24.2 Å². The third kappa shape index (κ3) is 3.43. The van der Waals surface area contributed by atoms with Crippen molar-refractivity contribution in [2.24, 2.45) is 4.99 Å². The summed E-state index contributed by atoms with van der Waals surface area (Å²) in [5.74, 6) is 0.862. The number of hydrogen-bond acceptors (Lipinski definition) is 4. The zero-order chi connectivity index (χ0) is 23.1. The lowest BCUT2D eigenvalue weighted by atomic mass is 9.77. The Kier molecular flexibility index (Phi) is 5.65. The number of para-hydroxylation sites is 1. The molecular formula is C29H35N3O. The molecule has 3 aromatic rings. The van der Waals surface area contributed by atoms with Crippen molar-refractivity contribution in [1.29, 1.82) is 0 Å². The molecule has 1 atom stereocenters. The van der Waals surface area contributed by atoms with Crippen molar-refractivity contribution in [2.45, 2.75) is 51.7 Å². The second-order valence-electron chi connectivity index (χ2n) is 9.83. The van der Waals surface area contributed by atoms with Gasteiger partial charge in [0.15, 0.2) is 0 Å². The smallest absolute Gasteiger partial charge is 0.228 e. The summed E-state index contributed by atoms with van der Waals surface area (Å²) in [4.78, 5) is 10.1. The topological polar surface area (TPSA) is 28.1 Å². The molecule has 4 nitrogen and oxygen atoms in total. The lowest BCUT2D eigenvalue weighted by Gasteiger charge is -2.46. The van der Waals surface area contributed by atoms with Crippen molar-refractivity contribution >= 4 is 28.4 Å². The molecule has 2 aliphatic rings. The summed E-state index contributed by atoms with van der Waals surface area (Å²) in [5.41, 5.74) is 2.60. The molecule has 1 spiro atoms. The van der Waals surface area contributed by atoms with Crippen molar-refractivity contribution in [3.63, 3.8) is 0 Å². The number of nitrogens with zero attached hydrogens (tertiary/aromatic N) is 3. The fourth-order valence-corrected chi connectivity index (χ4v) is 5.65. The monoisotopic (exact) mass is 441 g/mol. The van der Waals surface area contributed by atoms with Crippen LogP contribution in [0.4, 0.5) is 11.4 Å². The summed E-state index contributed by atoms with van der Waals surface area (Å²) < 4.78 is 7.01. The number of fused-ring (bicyclic) bond motifs is 4. The van der Waals surface area contributed by atoms with E-state index in [9.17, 15) is 0 Å². The van der Waals surface area contributed by atoms with Crippen LogP contribution in [0, 0.1) is 0 Å². The average Bonchev–Trinajstić information content (AvgIpc) is 3.01. The van der Waals surface area contributed by atoms with Gasteiger partial charge >= 0.3 is 0 Å². The van der Waals surface area contributed by atoms with E-state index in [2.05, 4.69) is 104 Å². The minimum Gasteiger partial charge on any atom is -0.459 e. The summed E-state index contributed by atoms with van der Waals surface area (Å²) in [7, 11) is 0. The van der Waals surface area contributed by atoms with Crippen molar-refractivity contribution in [2.75, 3.05) is 31.1 Å². The van der Waals surface area contributed by atoms with E-state index >= 15 is 0 Å². The summed E-state index contributed by atoms with van der Waals surface area (Å²) in [6.45, 7) is 13.3. The second-order valence-corrected chi connectivity index (χ2v) is 9.83. The normalized spacial score (nSPS) is 20.3. The molecule has 33 heavy (non-hydrogen) atoms. The zero-order valence-electron chi connectivity index (χ0n) is 20.3. The molecule has 0 bridgehead atoms. The van der Waals surface area contributed by atoms with E-state index in [1.807, 2.05) is 0 Å². The minimum absolute atomic E-state index is 0.253. The Morgan fingerprint density at radius 2 is 1.61 bits per heavy atom. The second kappa shape index (κ2) is 8.49. The van der Waals surface area contributed by atoms with E-state index in [0.29, 0.717) is 0 Å². The highest BCUT2D eigenvalue weighted by atomic mass is 16.5. The van der Waals surface area contributed by atoms with Crippen LogP contribution in [-0.2, 0) is 5.41 Å². The lowest BCUT2D eigenvalue weighted by molar-refractivity contribution is 0.0755. The first-order chi connectivity index (χ1) is 16.0. The Morgan fingerprint density at radius 3 is 2.39 bits per heavy atom. The van der Waals surface area contributed by atoms with Gasteiger partial charge in [0.2, 0.25) is 5.72 Å². The maximum absolute atomic E-state index is 7.01. The first-order valence-electron chi connectivity index (χ1n) is 12.4. The maximum atomic E-state index is 7.01. The lowest BCUT2D eigenvalue weighted by Crippen LogP contribution is -2.63. The molecule has 4 heteroatoms. The zero-order valence-corrected chi connectivity index (χ0v) is 20.3. The van der Waals surface area contributed by atoms with Crippen LogP contribution < -0.4 is 9.64 Å². The molecule has 0 saturated carbocycles. The molecule has 3 aromatic carbocycles. The standard InChI is InChI=1S/C29H35N3O/c1-5-17-31(18-6-2)19-20-32-25-14-10-9-13-24(25)28(3,4)29(32)21-30-27-23-12-8-7-11-22(23)15-16-26(27)33-29/h7-16,21H,5-6,17-20H2,1-4H3. The number of hydrogen-bond donors (Lipinski definition) is 0. The van der Waals surface area contributed by atoms with Crippen LogP contribution in [0.1, 0.15) is 46.1 Å². The fourth-order valence-electron chi connectivity index (χ4n) is 5.65. The molecular weight excluding hydrogens is 406 g/mol. The van der Waals surface area contributed by atoms with Gasteiger partial charge in [-0.1, -0.05) is 62.4 Å². The molecule has 1 unspecified atom stereocenters. The van der Waals surface area contributed by atoms with Gasteiger partial charge in [-0.2, -0.15) is 0 Å². The average molecular weight is 442 g/mol. The minimum atomic E-state index is -0.657. The van der Waals surface area contributed by atoms with Gasteiger partial charge < -0.3 is 14.5 Å². The van der Waals surface area contributed by atoms with Gasteiger partial charge in [0.1, 0.15) is 11.4 Å². The van der Waals surface area contributed by atoms with Crippen molar-refractivity contribution < 1.29 is 4.74 Å². The van der Waals surface area contributed by atoms with Gasteiger partial charge in [0.25, 0.3) is 0 Å². The molecule has 0 fully saturated rings. The molecule has 0 aliphatic carbocycles. The number of benzene rings is 3. The maximum Gasteiger partial charge on any atom is 0.228 e. The van der Waals surface area contributed by atoms with Crippen LogP contribution in [0.2, 0.25) is 0 Å². The number of rotatable bonds is 7. The van der Waals surface area contributed by atoms with Gasteiger partial charge in [-0.25, -0.2) is 0 Å².